The Morgan fingerprint density at radius 1 is 1.28 bits per heavy atom. The van der Waals surface area contributed by atoms with Crippen LogP contribution < -0.4 is 5.32 Å². The average molecular weight is 350 g/mol. The molecule has 7 nitrogen and oxygen atoms in total. The van der Waals surface area contributed by atoms with Crippen LogP contribution in [0.5, 0.6) is 0 Å². The van der Waals surface area contributed by atoms with Crippen molar-refractivity contribution in [2.75, 3.05) is 25.5 Å². The van der Waals surface area contributed by atoms with Gasteiger partial charge in [-0.3, -0.25) is 0 Å². The molecule has 0 spiro atoms. The monoisotopic (exact) mass is 350 g/mol. The first-order valence-corrected chi connectivity index (χ1v) is 8.22. The third-order valence-corrected chi connectivity index (χ3v) is 3.94. The zero-order valence-corrected chi connectivity index (χ0v) is 15.3. The van der Waals surface area contributed by atoms with Gasteiger partial charge in [0.25, 0.3) is 0 Å². The standard InChI is InChI=1S/C18H26N2O5/c1-11-6-7-12(8-13(11)16(22)24-5)19-14-9-20(10-15(14)21)17(23)25-18(2,3)4/h6-8,14-15,19,21H,9-10H2,1-5H3/t14-,15+/m0/s1. The molecule has 1 aliphatic rings. The summed E-state index contributed by atoms with van der Waals surface area (Å²) in [6, 6.07) is 4.97. The number of nitrogens with zero attached hydrogens (tertiary/aromatic N) is 1. The Hall–Kier alpha value is -2.28. The normalized spacial score (nSPS) is 20.3. The summed E-state index contributed by atoms with van der Waals surface area (Å²) < 4.78 is 10.1. The zero-order chi connectivity index (χ0) is 18.8. The first-order valence-electron chi connectivity index (χ1n) is 8.22. The minimum atomic E-state index is -0.726. The maximum atomic E-state index is 12.1. The van der Waals surface area contributed by atoms with Crippen LogP contribution in [0, 0.1) is 6.92 Å². The van der Waals surface area contributed by atoms with Gasteiger partial charge in [0, 0.05) is 12.2 Å². The van der Waals surface area contributed by atoms with Gasteiger partial charge in [-0.15, -0.1) is 0 Å². The zero-order valence-electron chi connectivity index (χ0n) is 15.3. The number of aryl methyl sites for hydroxylation is 1. The molecule has 0 saturated carbocycles. The Labute approximate surface area is 147 Å². The number of hydrogen-bond donors (Lipinski definition) is 2. The number of amides is 1. The summed E-state index contributed by atoms with van der Waals surface area (Å²) in [5.74, 6) is -0.413. The summed E-state index contributed by atoms with van der Waals surface area (Å²) >= 11 is 0. The summed E-state index contributed by atoms with van der Waals surface area (Å²) in [6.45, 7) is 7.74. The highest BCUT2D eigenvalue weighted by Gasteiger charge is 2.36. The first-order chi connectivity index (χ1) is 11.6. The van der Waals surface area contributed by atoms with Crippen molar-refractivity contribution in [3.8, 4) is 0 Å². The number of hydrogen-bond acceptors (Lipinski definition) is 6. The molecule has 2 atom stereocenters. The van der Waals surface area contributed by atoms with Gasteiger partial charge in [-0.1, -0.05) is 6.07 Å². The van der Waals surface area contributed by atoms with E-state index >= 15 is 0 Å². The fourth-order valence-electron chi connectivity index (χ4n) is 2.66. The highest BCUT2D eigenvalue weighted by Crippen LogP contribution is 2.21. The van der Waals surface area contributed by atoms with Crippen LogP contribution in [-0.4, -0.2) is 60.0 Å². The van der Waals surface area contributed by atoms with E-state index in [0.29, 0.717) is 17.8 Å². The lowest BCUT2D eigenvalue weighted by Gasteiger charge is -2.24. The van der Waals surface area contributed by atoms with Crippen LogP contribution in [0.25, 0.3) is 0 Å². The number of ether oxygens (including phenoxy) is 2. The van der Waals surface area contributed by atoms with E-state index in [1.807, 2.05) is 19.1 Å². The topological polar surface area (TPSA) is 88.1 Å². The molecule has 0 aliphatic carbocycles. The van der Waals surface area contributed by atoms with E-state index in [-0.39, 0.29) is 12.6 Å². The molecule has 2 rings (SSSR count). The molecule has 25 heavy (non-hydrogen) atoms. The maximum Gasteiger partial charge on any atom is 0.410 e. The molecule has 0 radical (unpaired) electrons. The molecule has 1 heterocycles. The molecule has 0 bridgehead atoms. The Morgan fingerprint density at radius 3 is 2.56 bits per heavy atom. The predicted molar refractivity (Wildman–Crippen MR) is 93.7 cm³/mol. The van der Waals surface area contributed by atoms with Gasteiger partial charge >= 0.3 is 12.1 Å². The van der Waals surface area contributed by atoms with Crippen molar-refractivity contribution in [1.29, 1.82) is 0 Å². The van der Waals surface area contributed by atoms with E-state index in [1.165, 1.54) is 12.0 Å². The number of nitrogens with one attached hydrogen (secondary N) is 1. The van der Waals surface area contributed by atoms with Crippen molar-refractivity contribution in [3.63, 3.8) is 0 Å². The van der Waals surface area contributed by atoms with E-state index < -0.39 is 23.8 Å². The summed E-state index contributed by atoms with van der Waals surface area (Å²) in [4.78, 5) is 25.4. The number of carbonyl (C=O) groups excluding carboxylic acids is 2. The summed E-state index contributed by atoms with van der Waals surface area (Å²) in [5, 5.41) is 13.4. The fraction of sp³-hybridized carbons (Fsp3) is 0.556. The van der Waals surface area contributed by atoms with E-state index in [0.717, 1.165) is 5.56 Å². The number of methoxy groups -OCH3 is 1. The molecule has 1 amide bonds. The molecular formula is C18H26N2O5. The van der Waals surface area contributed by atoms with Gasteiger partial charge in [-0.05, 0) is 45.4 Å². The number of aliphatic hydroxyl groups excluding tert-OH is 1. The number of esters is 1. The van der Waals surface area contributed by atoms with Crippen LogP contribution >= 0.6 is 0 Å². The van der Waals surface area contributed by atoms with Crippen LogP contribution in [0.4, 0.5) is 10.5 Å². The quantitative estimate of drug-likeness (QED) is 0.813. The lowest BCUT2D eigenvalue weighted by atomic mass is 10.1. The summed E-state index contributed by atoms with van der Waals surface area (Å²) in [7, 11) is 1.33. The minimum absolute atomic E-state index is 0.197. The Morgan fingerprint density at radius 2 is 1.96 bits per heavy atom. The number of rotatable bonds is 3. The maximum absolute atomic E-state index is 12.1. The highest BCUT2D eigenvalue weighted by molar-refractivity contribution is 5.92. The van der Waals surface area contributed by atoms with E-state index in [1.54, 1.807) is 26.8 Å². The van der Waals surface area contributed by atoms with Gasteiger partial charge in [-0.25, -0.2) is 9.59 Å². The van der Waals surface area contributed by atoms with Crippen LogP contribution in [-0.2, 0) is 9.47 Å². The number of β-amino-alcohol motifs (C(OH)–C–C–N with tert-alkyl or cyclic N) is 1. The van der Waals surface area contributed by atoms with Gasteiger partial charge in [-0.2, -0.15) is 0 Å². The summed E-state index contributed by atoms with van der Waals surface area (Å²) in [5.41, 5.74) is 1.37. The Balaban J connectivity index is 2.06. The van der Waals surface area contributed by atoms with Crippen LogP contribution in [0.15, 0.2) is 18.2 Å². The average Bonchev–Trinajstić information content (AvgIpc) is 2.88. The van der Waals surface area contributed by atoms with Crippen LogP contribution in [0.1, 0.15) is 36.7 Å². The lowest BCUT2D eigenvalue weighted by molar-refractivity contribution is 0.0269. The van der Waals surface area contributed by atoms with Crippen LogP contribution in [0.3, 0.4) is 0 Å². The smallest absolute Gasteiger partial charge is 0.410 e. The Kier molecular flexibility index (Phi) is 5.57. The Bertz CT molecular complexity index is 653. The van der Waals surface area contributed by atoms with Crippen molar-refractivity contribution < 1.29 is 24.2 Å². The second-order valence-electron chi connectivity index (χ2n) is 7.22. The van der Waals surface area contributed by atoms with Gasteiger partial charge < -0.3 is 24.8 Å². The molecule has 138 valence electrons. The van der Waals surface area contributed by atoms with Crippen LogP contribution in [0.2, 0.25) is 0 Å². The van der Waals surface area contributed by atoms with Gasteiger partial charge in [0.15, 0.2) is 0 Å². The molecular weight excluding hydrogens is 324 g/mol. The third kappa shape index (κ3) is 4.85. The second kappa shape index (κ2) is 7.31. The molecule has 2 N–H and O–H groups in total. The highest BCUT2D eigenvalue weighted by atomic mass is 16.6. The van der Waals surface area contributed by atoms with Crippen molar-refractivity contribution in [3.05, 3.63) is 29.3 Å². The number of aliphatic hydroxyl groups is 1. The molecule has 1 aromatic rings. The van der Waals surface area contributed by atoms with E-state index in [9.17, 15) is 14.7 Å². The van der Waals surface area contributed by atoms with Gasteiger partial charge in [0.1, 0.15) is 5.60 Å². The van der Waals surface area contributed by atoms with Crippen molar-refractivity contribution >= 4 is 17.7 Å². The largest absolute Gasteiger partial charge is 0.465 e. The molecule has 0 aromatic heterocycles. The van der Waals surface area contributed by atoms with Crippen molar-refractivity contribution in [2.24, 2.45) is 0 Å². The number of anilines is 1. The molecule has 1 fully saturated rings. The fourth-order valence-corrected chi connectivity index (χ4v) is 2.66. The number of carbonyl (C=O) groups is 2. The number of likely N-dealkylation sites (tertiary alicyclic amines) is 1. The van der Waals surface area contributed by atoms with Crippen molar-refractivity contribution in [2.45, 2.75) is 45.4 Å². The lowest BCUT2D eigenvalue weighted by Crippen LogP contribution is -2.36. The SMILES string of the molecule is COC(=O)c1cc(N[C@H]2CN(C(=O)OC(C)(C)C)C[C@H]2O)ccc1C. The molecule has 1 aromatic carbocycles. The predicted octanol–water partition coefficient (Wildman–Crippen LogP) is 2.17. The van der Waals surface area contributed by atoms with Gasteiger partial charge in [0.2, 0.25) is 0 Å². The second-order valence-corrected chi connectivity index (χ2v) is 7.22. The molecule has 1 saturated heterocycles. The van der Waals surface area contributed by atoms with Gasteiger partial charge in [0.05, 0.1) is 31.4 Å². The number of benzene rings is 1. The van der Waals surface area contributed by atoms with E-state index in [4.69, 9.17) is 9.47 Å². The summed E-state index contributed by atoms with van der Waals surface area (Å²) in [6.07, 6.45) is -1.18. The van der Waals surface area contributed by atoms with Crippen molar-refractivity contribution in [1.82, 2.24) is 4.90 Å². The molecule has 1 aliphatic heterocycles. The third-order valence-electron chi connectivity index (χ3n) is 3.94. The van der Waals surface area contributed by atoms with E-state index in [2.05, 4.69) is 5.32 Å². The molecule has 0 unspecified atom stereocenters. The minimum Gasteiger partial charge on any atom is -0.465 e. The molecule has 7 heteroatoms. The first kappa shape index (κ1) is 19.1.